The quantitative estimate of drug-likeness (QED) is 0.201. The zero-order valence-electron chi connectivity index (χ0n) is 27.4. The van der Waals surface area contributed by atoms with Crippen LogP contribution in [-0.4, -0.2) is 14.5 Å². The lowest BCUT2D eigenvalue weighted by atomic mass is 10.00. The van der Waals surface area contributed by atoms with E-state index in [2.05, 4.69) is 65.2 Å². The van der Waals surface area contributed by atoms with Crippen molar-refractivity contribution in [2.45, 2.75) is 0 Å². The molecule has 4 aromatic heterocycles. The highest BCUT2D eigenvalue weighted by Gasteiger charge is 2.24. The summed E-state index contributed by atoms with van der Waals surface area (Å²) in [5.74, 6) is 0.383. The van der Waals surface area contributed by atoms with Crippen LogP contribution in [0.5, 0.6) is 0 Å². The zero-order valence-corrected chi connectivity index (χ0v) is 24.0. The highest BCUT2D eigenvalue weighted by atomic mass is 32.1. The van der Waals surface area contributed by atoms with Crippen LogP contribution in [-0.2, 0) is 0 Å². The molecule has 0 aliphatic heterocycles. The third-order valence-electron chi connectivity index (χ3n) is 8.31. The maximum Gasteiger partial charge on any atom is 0.236 e. The number of nitrogens with zero attached hydrogens (tertiary/aromatic N) is 3. The number of rotatable bonds is 2. The number of benzene rings is 6. The Morgan fingerprint density at radius 2 is 1.19 bits per heavy atom. The Hall–Kier alpha value is -5.10. The molecular weight excluding hydrogens is 563 g/mol. The van der Waals surface area contributed by atoms with Crippen molar-refractivity contribution in [1.82, 2.24) is 14.5 Å². The van der Waals surface area contributed by atoms with Crippen LogP contribution in [0.1, 0.15) is 6.85 Å². The molecule has 10 rings (SSSR count). The molecule has 0 unspecified atom stereocenters. The Morgan fingerprint density at radius 3 is 1.98 bits per heavy atom. The molecule has 0 atom stereocenters. The summed E-state index contributed by atoms with van der Waals surface area (Å²) >= 11 is 3.28. The third kappa shape index (κ3) is 3.18. The van der Waals surface area contributed by atoms with Crippen LogP contribution in [0.25, 0.3) is 90.3 Å². The monoisotopic (exact) mass is 588 g/mol. The van der Waals surface area contributed by atoms with Crippen LogP contribution < -0.4 is 0 Å². The Bertz CT molecular complexity index is 3000. The van der Waals surface area contributed by atoms with Gasteiger partial charge in [-0.3, -0.25) is 4.57 Å². The number of fused-ring (bicyclic) bond motifs is 13. The average Bonchev–Trinajstić information content (AvgIpc) is 3.80. The van der Waals surface area contributed by atoms with Gasteiger partial charge in [-0.05, 0) is 23.6 Å². The molecule has 0 saturated carbocycles. The minimum Gasteiger partial charge on any atom is -0.277 e. The number of aromatic nitrogens is 3. The number of thiophene rings is 2. The van der Waals surface area contributed by atoms with Gasteiger partial charge in [0.25, 0.3) is 0 Å². The van der Waals surface area contributed by atoms with Gasteiger partial charge < -0.3 is 0 Å². The predicted octanol–water partition coefficient (Wildman–Crippen LogP) is 11.1. The summed E-state index contributed by atoms with van der Waals surface area (Å²) in [6.07, 6.45) is 0. The lowest BCUT2D eigenvalue weighted by molar-refractivity contribution is 1.02. The van der Waals surface area contributed by atoms with Crippen LogP contribution in [0.2, 0.25) is 0 Å². The molecule has 3 nitrogen and oxygen atoms in total. The summed E-state index contributed by atoms with van der Waals surface area (Å²) < 4.78 is 48.6. The fraction of sp³-hybridized carbons (Fsp3) is 0. The smallest absolute Gasteiger partial charge is 0.236 e. The largest absolute Gasteiger partial charge is 0.277 e. The minimum atomic E-state index is -0.435. The van der Waals surface area contributed by atoms with E-state index in [1.54, 1.807) is 11.3 Å². The normalized spacial score (nSPS) is 13.8. The van der Waals surface area contributed by atoms with Gasteiger partial charge in [-0.1, -0.05) is 109 Å². The number of hydrogen-bond acceptors (Lipinski definition) is 4. The predicted molar refractivity (Wildman–Crippen MR) is 185 cm³/mol. The SMILES string of the molecule is [2H]c1c([2H])c([2H])c(-c2nc(-n3c4ccccc4c4c5ccccc5c5sc6ccccc6c5c43)nc3sc4ccccc4c23)c([2H])c1[2H]. The Labute approximate surface area is 260 Å². The van der Waals surface area contributed by atoms with E-state index >= 15 is 0 Å². The van der Waals surface area contributed by atoms with E-state index in [9.17, 15) is 0 Å². The summed E-state index contributed by atoms with van der Waals surface area (Å²) in [5.41, 5.74) is 2.29. The van der Waals surface area contributed by atoms with Gasteiger partial charge in [-0.2, -0.15) is 0 Å². The summed E-state index contributed by atoms with van der Waals surface area (Å²) in [6.45, 7) is 0. The Kier molecular flexibility index (Phi) is 3.88. The van der Waals surface area contributed by atoms with E-state index in [4.69, 9.17) is 16.8 Å². The maximum absolute atomic E-state index is 8.95. The minimum absolute atomic E-state index is 0.0653. The molecule has 6 aromatic carbocycles. The standard InChI is InChI=1S/C38H21N3S2/c1-2-12-22(13-3-1)34-32-26-17-7-11-21-30(26)43-37(32)40-38(39-34)41-28-19-9-6-16-25(28)31-23-14-4-5-15-24(23)36-33(35(31)41)27-18-8-10-20-29(27)42-36/h1-21H/i1D,2D,3D,12D,13D. The highest BCUT2D eigenvalue weighted by Crippen LogP contribution is 2.48. The Balaban J connectivity index is 1.46. The summed E-state index contributed by atoms with van der Waals surface area (Å²) in [7, 11) is 0. The van der Waals surface area contributed by atoms with Crippen molar-refractivity contribution in [3.05, 3.63) is 127 Å². The van der Waals surface area contributed by atoms with Gasteiger partial charge in [0.1, 0.15) is 4.83 Å². The first-order valence-electron chi connectivity index (χ1n) is 16.4. The summed E-state index contributed by atoms with van der Waals surface area (Å²) in [4.78, 5) is 11.1. The molecular formula is C38H21N3S2. The molecule has 43 heavy (non-hydrogen) atoms. The second-order valence-corrected chi connectivity index (χ2v) is 12.7. The molecule has 5 heteroatoms. The molecule has 0 aliphatic rings. The van der Waals surface area contributed by atoms with Crippen molar-refractivity contribution < 1.29 is 6.85 Å². The van der Waals surface area contributed by atoms with Gasteiger partial charge in [-0.15, -0.1) is 22.7 Å². The van der Waals surface area contributed by atoms with E-state index in [0.717, 1.165) is 48.1 Å². The van der Waals surface area contributed by atoms with Gasteiger partial charge >= 0.3 is 0 Å². The maximum atomic E-state index is 8.95. The first-order valence-corrected chi connectivity index (χ1v) is 15.6. The molecule has 4 heterocycles. The summed E-state index contributed by atoms with van der Waals surface area (Å²) in [5, 5.41) is 8.29. The van der Waals surface area contributed by atoms with E-state index in [-0.39, 0.29) is 17.6 Å². The Morgan fingerprint density at radius 1 is 0.558 bits per heavy atom. The highest BCUT2D eigenvalue weighted by molar-refractivity contribution is 7.27. The van der Waals surface area contributed by atoms with E-state index < -0.39 is 18.1 Å². The second kappa shape index (κ2) is 8.71. The number of hydrogen-bond donors (Lipinski definition) is 0. The van der Waals surface area contributed by atoms with Crippen molar-refractivity contribution in [3.63, 3.8) is 0 Å². The van der Waals surface area contributed by atoms with Gasteiger partial charge in [0.2, 0.25) is 5.95 Å². The van der Waals surface area contributed by atoms with Crippen molar-refractivity contribution in [3.8, 4) is 17.2 Å². The number of para-hydroxylation sites is 1. The lowest BCUT2D eigenvalue weighted by Crippen LogP contribution is -2.03. The molecule has 0 N–H and O–H groups in total. The zero-order chi connectivity index (χ0) is 32.4. The van der Waals surface area contributed by atoms with E-state index in [1.807, 2.05) is 36.4 Å². The molecule has 0 amide bonds. The van der Waals surface area contributed by atoms with Gasteiger partial charge in [0.05, 0.1) is 23.6 Å². The molecule has 0 fully saturated rings. The van der Waals surface area contributed by atoms with Gasteiger partial charge in [-0.25, -0.2) is 9.97 Å². The molecule has 0 spiro atoms. The van der Waals surface area contributed by atoms with Crippen LogP contribution >= 0.6 is 22.7 Å². The van der Waals surface area contributed by atoms with Crippen LogP contribution in [0, 0.1) is 0 Å². The molecule has 0 saturated heterocycles. The van der Waals surface area contributed by atoms with Crippen LogP contribution in [0.15, 0.2) is 127 Å². The molecule has 0 aliphatic carbocycles. The van der Waals surface area contributed by atoms with Gasteiger partial charge in [0.15, 0.2) is 0 Å². The first kappa shape index (κ1) is 19.2. The third-order valence-corrected chi connectivity index (χ3v) is 10.6. The fourth-order valence-corrected chi connectivity index (χ4v) is 8.90. The lowest BCUT2D eigenvalue weighted by Gasteiger charge is -2.11. The topological polar surface area (TPSA) is 30.7 Å². The van der Waals surface area contributed by atoms with E-state index in [0.29, 0.717) is 21.9 Å². The second-order valence-electron chi connectivity index (χ2n) is 10.6. The van der Waals surface area contributed by atoms with Gasteiger partial charge in [0, 0.05) is 57.4 Å². The van der Waals surface area contributed by atoms with Crippen molar-refractivity contribution >= 4 is 95.7 Å². The van der Waals surface area contributed by atoms with E-state index in [1.165, 1.54) is 26.1 Å². The average molecular weight is 589 g/mol. The molecule has 0 radical (unpaired) electrons. The molecule has 10 aromatic rings. The van der Waals surface area contributed by atoms with Crippen molar-refractivity contribution in [2.75, 3.05) is 0 Å². The molecule has 200 valence electrons. The van der Waals surface area contributed by atoms with Crippen molar-refractivity contribution in [1.29, 1.82) is 0 Å². The van der Waals surface area contributed by atoms with Crippen molar-refractivity contribution in [2.24, 2.45) is 0 Å². The first-order chi connectivity index (χ1) is 23.4. The van der Waals surface area contributed by atoms with Crippen LogP contribution in [0.4, 0.5) is 0 Å². The summed E-state index contributed by atoms with van der Waals surface area (Å²) in [6, 6.07) is 31.3. The molecule has 0 bridgehead atoms. The fourth-order valence-electron chi connectivity index (χ4n) is 6.59. The van der Waals surface area contributed by atoms with Crippen LogP contribution in [0.3, 0.4) is 0 Å².